The lowest BCUT2D eigenvalue weighted by Gasteiger charge is -2.18. The van der Waals surface area contributed by atoms with Crippen LogP contribution in [0.5, 0.6) is 0 Å². The van der Waals surface area contributed by atoms with E-state index in [9.17, 15) is 19.2 Å². The number of hydrogen-bond acceptors (Lipinski definition) is 6. The van der Waals surface area contributed by atoms with Crippen molar-refractivity contribution in [3.05, 3.63) is 90.2 Å². The highest BCUT2D eigenvalue weighted by molar-refractivity contribution is 6.12. The van der Waals surface area contributed by atoms with Gasteiger partial charge in [0.05, 0.1) is 21.7 Å². The molecule has 0 fully saturated rings. The van der Waals surface area contributed by atoms with Crippen LogP contribution in [0.4, 0.5) is 4.39 Å². The van der Waals surface area contributed by atoms with Crippen LogP contribution in [0.15, 0.2) is 39.9 Å². The van der Waals surface area contributed by atoms with E-state index >= 15 is 4.39 Å². The maximum Gasteiger partial charge on any atom is 0.305 e. The van der Waals surface area contributed by atoms with E-state index in [0.29, 0.717) is 56.3 Å². The van der Waals surface area contributed by atoms with Crippen LogP contribution in [0.1, 0.15) is 60.1 Å². The van der Waals surface area contributed by atoms with Crippen molar-refractivity contribution in [2.45, 2.75) is 47.6 Å². The summed E-state index contributed by atoms with van der Waals surface area (Å²) >= 11 is 0. The number of benzene rings is 2. The second-order valence-corrected chi connectivity index (χ2v) is 10.7. The molecule has 3 heterocycles. The van der Waals surface area contributed by atoms with Crippen molar-refractivity contribution in [3.8, 4) is 0 Å². The topological polar surface area (TPSA) is 113 Å². The van der Waals surface area contributed by atoms with E-state index < -0.39 is 22.9 Å². The molecule has 2 N–H and O–H groups in total. The van der Waals surface area contributed by atoms with Crippen molar-refractivity contribution >= 4 is 45.0 Å². The number of esters is 1. The number of halogens is 1. The van der Waals surface area contributed by atoms with Crippen molar-refractivity contribution in [2.75, 3.05) is 26.2 Å². The summed E-state index contributed by atoms with van der Waals surface area (Å²) in [5, 5.41) is 4.45. The van der Waals surface area contributed by atoms with Gasteiger partial charge in [-0.05, 0) is 56.1 Å². The molecule has 0 aliphatic carbocycles. The summed E-state index contributed by atoms with van der Waals surface area (Å²) in [6.07, 6.45) is 1.75. The van der Waals surface area contributed by atoms with E-state index in [0.717, 1.165) is 24.0 Å². The van der Waals surface area contributed by atoms with Crippen LogP contribution < -0.4 is 21.7 Å². The van der Waals surface area contributed by atoms with Crippen molar-refractivity contribution < 1.29 is 18.7 Å². The summed E-state index contributed by atoms with van der Waals surface area (Å²) < 4.78 is 21.4. The molecule has 1 amide bonds. The van der Waals surface area contributed by atoms with Gasteiger partial charge in [0, 0.05) is 47.2 Å². The van der Waals surface area contributed by atoms with E-state index in [1.54, 1.807) is 45.0 Å². The van der Waals surface area contributed by atoms with Crippen LogP contribution in [0.3, 0.4) is 0 Å². The number of nitrogens with one attached hydrogen (secondary N) is 2. The molecule has 3 aromatic heterocycles. The third-order valence-corrected chi connectivity index (χ3v) is 8.16. The van der Waals surface area contributed by atoms with E-state index in [4.69, 9.17) is 4.74 Å². The molecule has 0 bridgehead atoms. The number of aromatic amines is 1. The summed E-state index contributed by atoms with van der Waals surface area (Å²) in [6.45, 7) is 12.2. The smallest absolute Gasteiger partial charge is 0.305 e. The van der Waals surface area contributed by atoms with Gasteiger partial charge in [0.15, 0.2) is 0 Å². The summed E-state index contributed by atoms with van der Waals surface area (Å²) in [4.78, 5) is 58.0. The van der Waals surface area contributed by atoms with Crippen molar-refractivity contribution in [3.63, 3.8) is 0 Å². The van der Waals surface area contributed by atoms with Gasteiger partial charge in [0.1, 0.15) is 12.4 Å². The highest BCUT2D eigenvalue weighted by atomic mass is 19.1. The largest absolute Gasteiger partial charge is 0.461 e. The fraction of sp³-hybridized carbons (Fsp3) is 0.333. The van der Waals surface area contributed by atoms with Gasteiger partial charge >= 0.3 is 5.97 Å². The molecule has 0 radical (unpaired) electrons. The van der Waals surface area contributed by atoms with E-state index in [1.807, 2.05) is 0 Å². The first-order valence-electron chi connectivity index (χ1n) is 14.5. The number of rotatable bonds is 10. The van der Waals surface area contributed by atoms with Crippen molar-refractivity contribution in [2.24, 2.45) is 0 Å². The average molecular weight is 587 g/mol. The molecule has 9 nitrogen and oxygen atoms in total. The zero-order valence-electron chi connectivity index (χ0n) is 25.0. The predicted octanol–water partition coefficient (Wildman–Crippen LogP) is 3.56. The number of carbonyl (C=O) groups excluding carboxylic acids is 2. The number of hydrogen-bond donors (Lipinski definition) is 2. The van der Waals surface area contributed by atoms with Gasteiger partial charge in [-0.25, -0.2) is 8.79 Å². The van der Waals surface area contributed by atoms with Gasteiger partial charge < -0.3 is 19.9 Å². The van der Waals surface area contributed by atoms with Gasteiger partial charge in [0.25, 0.3) is 17.0 Å². The minimum atomic E-state index is -0.602. The minimum Gasteiger partial charge on any atom is -0.461 e. The first kappa shape index (κ1) is 29.9. The second kappa shape index (κ2) is 12.0. The predicted molar refractivity (Wildman–Crippen MR) is 165 cm³/mol. The molecular formula is C33H35FN4O5. The minimum absolute atomic E-state index is 0.133. The molecule has 43 heavy (non-hydrogen) atoms. The van der Waals surface area contributed by atoms with Crippen molar-refractivity contribution in [1.29, 1.82) is 0 Å². The van der Waals surface area contributed by atoms with Gasteiger partial charge in [-0.1, -0.05) is 39.0 Å². The SMILES string of the molecule is CCC(=O)OCc1cccc2c1c(=O)n1c(=O)/c(=C\c3[nH]c(C)c(C(=O)NCCN(CC)CC)c3C)c3cc(F)cc2c31. The van der Waals surface area contributed by atoms with Crippen LogP contribution in [-0.2, 0) is 16.1 Å². The van der Waals surface area contributed by atoms with Crippen LogP contribution >= 0.6 is 0 Å². The molecule has 0 aliphatic heterocycles. The zero-order valence-corrected chi connectivity index (χ0v) is 25.0. The lowest BCUT2D eigenvalue weighted by atomic mass is 10.0. The highest BCUT2D eigenvalue weighted by Crippen LogP contribution is 2.28. The number of nitrogens with zero attached hydrogens (tertiary/aromatic N) is 2. The Labute approximate surface area is 247 Å². The number of fused-ring (bicyclic) bond motifs is 2. The molecule has 5 aromatic rings. The number of H-pyrrole nitrogens is 1. The molecule has 0 saturated carbocycles. The Morgan fingerprint density at radius 1 is 1.05 bits per heavy atom. The summed E-state index contributed by atoms with van der Waals surface area (Å²) in [5.74, 6) is -1.22. The summed E-state index contributed by atoms with van der Waals surface area (Å²) in [5.41, 5.74) is 1.84. The van der Waals surface area contributed by atoms with Crippen LogP contribution in [0.2, 0.25) is 0 Å². The van der Waals surface area contributed by atoms with Crippen LogP contribution in [0.25, 0.3) is 33.1 Å². The van der Waals surface area contributed by atoms with Crippen LogP contribution in [-0.4, -0.2) is 52.3 Å². The molecule has 5 rings (SSSR count). The van der Waals surface area contributed by atoms with E-state index in [2.05, 4.69) is 29.0 Å². The van der Waals surface area contributed by atoms with E-state index in [1.165, 1.54) is 12.1 Å². The Morgan fingerprint density at radius 2 is 1.77 bits per heavy atom. The van der Waals surface area contributed by atoms with Gasteiger partial charge in [-0.3, -0.25) is 19.2 Å². The van der Waals surface area contributed by atoms with E-state index in [-0.39, 0.29) is 29.5 Å². The Hall–Kier alpha value is -4.57. The number of amides is 1. The number of carbonyl (C=O) groups is 2. The Bertz CT molecular complexity index is 2040. The second-order valence-electron chi connectivity index (χ2n) is 10.7. The van der Waals surface area contributed by atoms with Gasteiger partial charge in [-0.15, -0.1) is 0 Å². The third-order valence-electron chi connectivity index (χ3n) is 8.16. The Morgan fingerprint density at radius 3 is 2.47 bits per heavy atom. The number of likely N-dealkylation sites (N-methyl/N-ethyl adjacent to an activating group) is 1. The van der Waals surface area contributed by atoms with Crippen LogP contribution in [0, 0.1) is 19.7 Å². The standard InChI is InChI=1S/C33H35FN4O5/c1-6-27(39)43-17-20-10-9-11-22-23-14-21(34)15-24-25(32(41)38(30(23)24)33(42)29(20)22)16-26-18(4)28(19(5)36-26)31(40)35-12-13-37(7-2)8-3/h9-11,14-16,36H,6-8,12-13,17H2,1-5H3,(H,35,40)/b25-16-. The molecule has 10 heteroatoms. The fourth-order valence-electron chi connectivity index (χ4n) is 5.85. The first-order chi connectivity index (χ1) is 20.6. The van der Waals surface area contributed by atoms with Gasteiger partial charge in [-0.2, -0.15) is 0 Å². The van der Waals surface area contributed by atoms with Crippen molar-refractivity contribution in [1.82, 2.24) is 19.6 Å². The Balaban J connectivity index is 1.67. The number of aromatic nitrogens is 2. The molecule has 0 aliphatic rings. The monoisotopic (exact) mass is 586 g/mol. The molecule has 0 unspecified atom stereocenters. The maximum absolute atomic E-state index is 15.1. The zero-order chi connectivity index (χ0) is 31.0. The lowest BCUT2D eigenvalue weighted by molar-refractivity contribution is -0.144. The lowest BCUT2D eigenvalue weighted by Crippen LogP contribution is -2.35. The Kier molecular flexibility index (Phi) is 8.32. The average Bonchev–Trinajstić information content (AvgIpc) is 3.43. The number of aryl methyl sites for hydroxylation is 1. The normalized spacial score (nSPS) is 12.3. The summed E-state index contributed by atoms with van der Waals surface area (Å²) in [7, 11) is 0. The molecule has 0 spiro atoms. The molecule has 0 atom stereocenters. The van der Waals surface area contributed by atoms with Gasteiger partial charge in [0.2, 0.25) is 0 Å². The summed E-state index contributed by atoms with van der Waals surface area (Å²) in [6, 6.07) is 7.61. The third kappa shape index (κ3) is 5.27. The number of ether oxygens (including phenoxy) is 1. The number of pyridine rings is 1. The highest BCUT2D eigenvalue weighted by Gasteiger charge is 2.22. The molecular weight excluding hydrogens is 551 g/mol. The first-order valence-corrected chi connectivity index (χ1v) is 14.5. The molecule has 2 aromatic carbocycles. The maximum atomic E-state index is 15.1. The fourth-order valence-corrected chi connectivity index (χ4v) is 5.85. The quantitative estimate of drug-likeness (QED) is 0.191. The molecule has 224 valence electrons. The molecule has 0 saturated heterocycles.